The Kier molecular flexibility index (Phi) is 2.64. The lowest BCUT2D eigenvalue weighted by Crippen LogP contribution is -2.11. The molecule has 0 aliphatic heterocycles. The number of benzene rings is 1. The van der Waals surface area contributed by atoms with Gasteiger partial charge < -0.3 is 4.98 Å². The first-order valence-corrected chi connectivity index (χ1v) is 4.65. The highest BCUT2D eigenvalue weighted by molar-refractivity contribution is 5.77. The summed E-state index contributed by atoms with van der Waals surface area (Å²) in [6.45, 7) is 0. The van der Waals surface area contributed by atoms with Crippen LogP contribution in [0.15, 0.2) is 41.3 Å². The van der Waals surface area contributed by atoms with Gasteiger partial charge in [-0.3, -0.25) is 9.59 Å². The third-order valence-electron chi connectivity index (χ3n) is 2.24. The molecule has 2 aromatic rings. The minimum Gasteiger partial charge on any atom is -0.328 e. The van der Waals surface area contributed by atoms with E-state index in [1.54, 1.807) is 18.2 Å². The number of aromatic nitrogens is 1. The number of hydrogen-bond acceptors (Lipinski definition) is 2. The van der Waals surface area contributed by atoms with Crippen molar-refractivity contribution < 1.29 is 9.18 Å². The van der Waals surface area contributed by atoms with Crippen LogP contribution in [0.1, 0.15) is 10.4 Å². The van der Waals surface area contributed by atoms with E-state index in [2.05, 4.69) is 4.98 Å². The zero-order chi connectivity index (χ0) is 11.5. The molecule has 0 saturated carbocycles. The molecule has 1 N–H and O–H groups in total. The number of carbonyl (C=O) groups excluding carboxylic acids is 1. The van der Waals surface area contributed by atoms with Crippen LogP contribution >= 0.6 is 0 Å². The molecule has 2 rings (SSSR count). The van der Waals surface area contributed by atoms with Crippen LogP contribution in [-0.2, 0) is 0 Å². The first kappa shape index (κ1) is 10.3. The van der Waals surface area contributed by atoms with Gasteiger partial charge in [0.2, 0.25) is 0 Å². The van der Waals surface area contributed by atoms with E-state index in [9.17, 15) is 14.0 Å². The maximum absolute atomic E-state index is 13.4. The first-order chi connectivity index (χ1) is 7.72. The van der Waals surface area contributed by atoms with Crippen molar-refractivity contribution in [2.45, 2.75) is 0 Å². The van der Waals surface area contributed by atoms with Crippen molar-refractivity contribution in [1.82, 2.24) is 4.98 Å². The van der Waals surface area contributed by atoms with Crippen molar-refractivity contribution in [1.29, 1.82) is 0 Å². The number of halogens is 1. The van der Waals surface area contributed by atoms with Crippen molar-refractivity contribution >= 4 is 6.29 Å². The molecule has 0 spiro atoms. The maximum Gasteiger partial charge on any atom is 0.258 e. The van der Waals surface area contributed by atoms with Crippen LogP contribution in [0.3, 0.4) is 0 Å². The number of carbonyl (C=O) groups is 1. The summed E-state index contributed by atoms with van der Waals surface area (Å²) in [7, 11) is 0. The maximum atomic E-state index is 13.4. The van der Waals surface area contributed by atoms with Gasteiger partial charge in [0.05, 0.1) is 5.56 Å². The van der Waals surface area contributed by atoms with E-state index in [0.29, 0.717) is 17.4 Å². The van der Waals surface area contributed by atoms with Crippen LogP contribution in [0.2, 0.25) is 0 Å². The Morgan fingerprint density at radius 2 is 2.00 bits per heavy atom. The Labute approximate surface area is 90.6 Å². The van der Waals surface area contributed by atoms with Gasteiger partial charge in [-0.1, -0.05) is 18.2 Å². The quantitative estimate of drug-likeness (QED) is 0.782. The number of rotatable bonds is 2. The van der Waals surface area contributed by atoms with Crippen LogP contribution in [0.4, 0.5) is 4.39 Å². The zero-order valence-corrected chi connectivity index (χ0v) is 8.24. The third kappa shape index (κ3) is 1.77. The van der Waals surface area contributed by atoms with E-state index in [0.717, 1.165) is 0 Å². The second kappa shape index (κ2) is 4.10. The fourth-order valence-corrected chi connectivity index (χ4v) is 1.44. The Morgan fingerprint density at radius 3 is 2.69 bits per heavy atom. The number of H-pyrrole nitrogens is 1. The summed E-state index contributed by atoms with van der Waals surface area (Å²) in [5.74, 6) is -0.397. The van der Waals surface area contributed by atoms with Gasteiger partial charge in [0.25, 0.3) is 5.56 Å². The summed E-state index contributed by atoms with van der Waals surface area (Å²) < 4.78 is 13.4. The number of aromatic amines is 1. The van der Waals surface area contributed by atoms with Crippen LogP contribution in [0.5, 0.6) is 0 Å². The Bertz CT molecular complexity index is 590. The highest BCUT2D eigenvalue weighted by Crippen LogP contribution is 2.20. The van der Waals surface area contributed by atoms with Gasteiger partial charge >= 0.3 is 0 Å². The smallest absolute Gasteiger partial charge is 0.258 e. The highest BCUT2D eigenvalue weighted by atomic mass is 19.1. The van der Waals surface area contributed by atoms with E-state index in [1.165, 1.54) is 18.3 Å². The lowest BCUT2D eigenvalue weighted by Gasteiger charge is -2.02. The minimum absolute atomic E-state index is 0.0132. The second-order valence-corrected chi connectivity index (χ2v) is 3.27. The molecule has 0 aliphatic carbocycles. The van der Waals surface area contributed by atoms with E-state index in [1.807, 2.05) is 0 Å². The molecule has 16 heavy (non-hydrogen) atoms. The number of aldehydes is 1. The average Bonchev–Trinajstić information content (AvgIpc) is 2.31. The fourth-order valence-electron chi connectivity index (χ4n) is 1.44. The molecule has 0 saturated heterocycles. The topological polar surface area (TPSA) is 49.9 Å². The zero-order valence-electron chi connectivity index (χ0n) is 8.24. The van der Waals surface area contributed by atoms with E-state index >= 15 is 0 Å². The SMILES string of the molecule is O=Cc1cc(-c2ccccc2F)c[nH]c1=O. The van der Waals surface area contributed by atoms with Gasteiger partial charge in [-0.15, -0.1) is 0 Å². The van der Waals surface area contributed by atoms with Crippen molar-refractivity contribution in [2.75, 3.05) is 0 Å². The van der Waals surface area contributed by atoms with Crippen molar-refractivity contribution in [3.05, 3.63) is 58.3 Å². The molecule has 1 aromatic heterocycles. The summed E-state index contributed by atoms with van der Waals surface area (Å²) in [5.41, 5.74) is 0.331. The van der Waals surface area contributed by atoms with Crippen LogP contribution in [0, 0.1) is 5.82 Å². The normalized spacial score (nSPS) is 10.1. The van der Waals surface area contributed by atoms with Crippen LogP contribution in [-0.4, -0.2) is 11.3 Å². The predicted octanol–water partition coefficient (Wildman–Crippen LogP) is 1.99. The number of pyridine rings is 1. The van der Waals surface area contributed by atoms with Gasteiger partial charge in [-0.25, -0.2) is 4.39 Å². The first-order valence-electron chi connectivity index (χ1n) is 4.65. The van der Waals surface area contributed by atoms with Crippen molar-refractivity contribution in [3.63, 3.8) is 0 Å². The molecule has 0 atom stereocenters. The van der Waals surface area contributed by atoms with Gasteiger partial charge in [0, 0.05) is 17.3 Å². The summed E-state index contributed by atoms with van der Waals surface area (Å²) in [6.07, 6.45) is 1.83. The molecule has 1 heterocycles. The van der Waals surface area contributed by atoms with Crippen molar-refractivity contribution in [3.8, 4) is 11.1 Å². The lowest BCUT2D eigenvalue weighted by atomic mass is 10.1. The monoisotopic (exact) mass is 217 g/mol. The molecule has 0 fully saturated rings. The molecule has 4 heteroatoms. The molecule has 1 aromatic carbocycles. The van der Waals surface area contributed by atoms with Gasteiger partial charge in [0.15, 0.2) is 6.29 Å². The van der Waals surface area contributed by atoms with Gasteiger partial charge in [0.1, 0.15) is 5.82 Å². The molecule has 0 amide bonds. The molecule has 3 nitrogen and oxygen atoms in total. The third-order valence-corrected chi connectivity index (χ3v) is 2.24. The summed E-state index contributed by atoms with van der Waals surface area (Å²) in [4.78, 5) is 24.1. The fraction of sp³-hybridized carbons (Fsp3) is 0. The summed E-state index contributed by atoms with van der Waals surface area (Å²) >= 11 is 0. The Hall–Kier alpha value is -2.23. The van der Waals surface area contributed by atoms with Gasteiger partial charge in [-0.05, 0) is 12.1 Å². The minimum atomic E-state index is -0.477. The predicted molar refractivity (Wildman–Crippen MR) is 57.8 cm³/mol. The molecule has 0 bridgehead atoms. The Balaban J connectivity index is 2.62. The van der Waals surface area contributed by atoms with Gasteiger partial charge in [-0.2, -0.15) is 0 Å². The lowest BCUT2D eigenvalue weighted by molar-refractivity contribution is 0.112. The molecule has 0 radical (unpaired) electrons. The highest BCUT2D eigenvalue weighted by Gasteiger charge is 2.06. The summed E-state index contributed by atoms with van der Waals surface area (Å²) in [6, 6.07) is 7.53. The summed E-state index contributed by atoms with van der Waals surface area (Å²) in [5, 5.41) is 0. The molecule has 0 aliphatic rings. The number of hydrogen-bond donors (Lipinski definition) is 1. The second-order valence-electron chi connectivity index (χ2n) is 3.27. The molecular formula is C12H8FNO2. The van der Waals surface area contributed by atoms with E-state index < -0.39 is 11.4 Å². The molecule has 0 unspecified atom stereocenters. The van der Waals surface area contributed by atoms with Crippen LogP contribution in [0.25, 0.3) is 11.1 Å². The van der Waals surface area contributed by atoms with Crippen molar-refractivity contribution in [2.24, 2.45) is 0 Å². The number of nitrogens with one attached hydrogen (secondary N) is 1. The van der Waals surface area contributed by atoms with E-state index in [-0.39, 0.29) is 5.56 Å². The molecular weight excluding hydrogens is 209 g/mol. The van der Waals surface area contributed by atoms with E-state index in [4.69, 9.17) is 0 Å². The largest absolute Gasteiger partial charge is 0.328 e. The Morgan fingerprint density at radius 1 is 1.25 bits per heavy atom. The van der Waals surface area contributed by atoms with Crippen LogP contribution < -0.4 is 5.56 Å². The molecule has 80 valence electrons. The average molecular weight is 217 g/mol. The standard InChI is InChI=1S/C12H8FNO2/c13-11-4-2-1-3-10(11)8-5-9(7-15)12(16)14-6-8/h1-7H,(H,14,16).